The highest BCUT2D eigenvalue weighted by molar-refractivity contribution is 7.99. The topological polar surface area (TPSA) is 15.3 Å². The summed E-state index contributed by atoms with van der Waals surface area (Å²) in [6.07, 6.45) is 5.64. The van der Waals surface area contributed by atoms with E-state index in [1.165, 1.54) is 69.1 Å². The third-order valence-electron chi connectivity index (χ3n) is 5.58. The Kier molecular flexibility index (Phi) is 3.99. The summed E-state index contributed by atoms with van der Waals surface area (Å²) in [6, 6.07) is 9.03. The van der Waals surface area contributed by atoms with Crippen molar-refractivity contribution in [2.45, 2.75) is 36.5 Å². The first-order valence-electron chi connectivity index (χ1n) is 8.50. The van der Waals surface area contributed by atoms with E-state index in [9.17, 15) is 0 Å². The van der Waals surface area contributed by atoms with E-state index >= 15 is 0 Å². The Bertz CT molecular complexity index is 490. The molecule has 0 aliphatic carbocycles. The second kappa shape index (κ2) is 5.94. The van der Waals surface area contributed by atoms with E-state index in [0.29, 0.717) is 5.41 Å². The molecule has 3 heteroatoms. The highest BCUT2D eigenvalue weighted by Gasteiger charge is 2.37. The van der Waals surface area contributed by atoms with Gasteiger partial charge in [0.05, 0.1) is 0 Å². The van der Waals surface area contributed by atoms with E-state index in [1.54, 1.807) is 5.56 Å². The van der Waals surface area contributed by atoms with Gasteiger partial charge in [0, 0.05) is 36.2 Å². The number of hydrogen-bond acceptors (Lipinski definition) is 3. The molecule has 3 aliphatic heterocycles. The summed E-state index contributed by atoms with van der Waals surface area (Å²) in [5, 5.41) is 3.64. The van der Waals surface area contributed by atoms with Gasteiger partial charge in [-0.3, -0.25) is 0 Å². The van der Waals surface area contributed by atoms with Crippen LogP contribution in [0, 0.1) is 5.41 Å². The molecule has 3 heterocycles. The maximum absolute atomic E-state index is 3.64. The van der Waals surface area contributed by atoms with Gasteiger partial charge in [-0.2, -0.15) is 0 Å². The van der Waals surface area contributed by atoms with E-state index in [0.717, 1.165) is 5.92 Å². The predicted molar refractivity (Wildman–Crippen MR) is 90.1 cm³/mol. The van der Waals surface area contributed by atoms with Crippen LogP contribution in [0.25, 0.3) is 0 Å². The van der Waals surface area contributed by atoms with Crippen LogP contribution in [-0.4, -0.2) is 43.4 Å². The first kappa shape index (κ1) is 14.1. The van der Waals surface area contributed by atoms with Crippen molar-refractivity contribution in [1.29, 1.82) is 0 Å². The van der Waals surface area contributed by atoms with Crippen molar-refractivity contribution in [2.75, 3.05) is 38.5 Å². The SMILES string of the molecule is c1ccc2c(c1)SCC2CN1CCCC2(CCCNC2)C1. The summed E-state index contributed by atoms with van der Waals surface area (Å²) >= 11 is 2.05. The minimum absolute atomic E-state index is 0.585. The van der Waals surface area contributed by atoms with Gasteiger partial charge in [-0.25, -0.2) is 0 Å². The van der Waals surface area contributed by atoms with Crippen molar-refractivity contribution in [3.05, 3.63) is 29.8 Å². The van der Waals surface area contributed by atoms with E-state index < -0.39 is 0 Å². The van der Waals surface area contributed by atoms with E-state index in [1.807, 2.05) is 0 Å². The van der Waals surface area contributed by atoms with Crippen LogP contribution < -0.4 is 5.32 Å². The van der Waals surface area contributed by atoms with Gasteiger partial charge in [0.15, 0.2) is 0 Å². The van der Waals surface area contributed by atoms with Gasteiger partial charge in [0.2, 0.25) is 0 Å². The molecule has 4 rings (SSSR count). The van der Waals surface area contributed by atoms with Gasteiger partial charge >= 0.3 is 0 Å². The summed E-state index contributed by atoms with van der Waals surface area (Å²) in [5.41, 5.74) is 2.19. The van der Waals surface area contributed by atoms with Crippen LogP contribution in [0.3, 0.4) is 0 Å². The third-order valence-corrected chi connectivity index (χ3v) is 6.83. The zero-order valence-corrected chi connectivity index (χ0v) is 13.6. The molecule has 2 fully saturated rings. The Labute approximate surface area is 132 Å². The molecule has 0 radical (unpaired) electrons. The third kappa shape index (κ3) is 2.88. The van der Waals surface area contributed by atoms with Crippen LogP contribution in [0.4, 0.5) is 0 Å². The molecular formula is C18H26N2S. The van der Waals surface area contributed by atoms with Crippen molar-refractivity contribution in [1.82, 2.24) is 10.2 Å². The Hall–Kier alpha value is -0.510. The van der Waals surface area contributed by atoms with Crippen LogP contribution in [0.5, 0.6) is 0 Å². The summed E-state index contributed by atoms with van der Waals surface area (Å²) < 4.78 is 0. The fourth-order valence-electron chi connectivity index (χ4n) is 4.54. The maximum atomic E-state index is 3.64. The van der Waals surface area contributed by atoms with Crippen molar-refractivity contribution < 1.29 is 0 Å². The molecule has 2 saturated heterocycles. The zero-order chi connectivity index (χ0) is 14.1. The lowest BCUT2D eigenvalue weighted by atomic mass is 9.74. The lowest BCUT2D eigenvalue weighted by molar-refractivity contribution is 0.0620. The second-order valence-corrected chi connectivity index (χ2v) is 8.23. The standard InChI is InChI=1S/C18H26N2S/c1-2-6-17-16(5-1)15(12-21-17)11-20-10-4-8-18(14-20)7-3-9-19-13-18/h1-2,5-6,15,19H,3-4,7-14H2. The number of piperidine rings is 2. The number of rotatable bonds is 2. The molecule has 3 aliphatic rings. The first-order chi connectivity index (χ1) is 10.3. The van der Waals surface area contributed by atoms with E-state index in [-0.39, 0.29) is 0 Å². The molecule has 0 amide bonds. The quantitative estimate of drug-likeness (QED) is 0.902. The predicted octanol–water partition coefficient (Wildman–Crippen LogP) is 3.34. The molecule has 114 valence electrons. The largest absolute Gasteiger partial charge is 0.316 e. The van der Waals surface area contributed by atoms with Gasteiger partial charge in [0.1, 0.15) is 0 Å². The monoisotopic (exact) mass is 302 g/mol. The molecule has 0 saturated carbocycles. The lowest BCUT2D eigenvalue weighted by Gasteiger charge is -2.46. The molecule has 0 aromatic heterocycles. The molecule has 2 atom stereocenters. The molecule has 1 aromatic carbocycles. The Balaban J connectivity index is 1.43. The number of nitrogens with zero attached hydrogens (tertiary/aromatic N) is 1. The highest BCUT2D eigenvalue weighted by atomic mass is 32.2. The maximum Gasteiger partial charge on any atom is 0.0108 e. The van der Waals surface area contributed by atoms with Gasteiger partial charge < -0.3 is 10.2 Å². The molecule has 1 aromatic rings. The van der Waals surface area contributed by atoms with Gasteiger partial charge in [-0.1, -0.05) is 18.2 Å². The minimum Gasteiger partial charge on any atom is -0.316 e. The second-order valence-electron chi connectivity index (χ2n) is 7.16. The summed E-state index contributed by atoms with van der Waals surface area (Å²) in [4.78, 5) is 4.29. The van der Waals surface area contributed by atoms with Crippen molar-refractivity contribution >= 4 is 11.8 Å². The Morgan fingerprint density at radius 1 is 1.24 bits per heavy atom. The van der Waals surface area contributed by atoms with E-state index in [2.05, 4.69) is 46.2 Å². The van der Waals surface area contributed by atoms with E-state index in [4.69, 9.17) is 0 Å². The van der Waals surface area contributed by atoms with Gasteiger partial charge in [-0.15, -0.1) is 11.8 Å². The van der Waals surface area contributed by atoms with Gasteiger partial charge in [0.25, 0.3) is 0 Å². The average molecular weight is 302 g/mol. The number of benzene rings is 1. The number of hydrogen-bond donors (Lipinski definition) is 1. The summed E-state index contributed by atoms with van der Waals surface area (Å²) in [7, 11) is 0. The zero-order valence-electron chi connectivity index (χ0n) is 12.8. The van der Waals surface area contributed by atoms with Crippen molar-refractivity contribution in [3.8, 4) is 0 Å². The normalized spacial score (nSPS) is 33.2. The summed E-state index contributed by atoms with van der Waals surface area (Å²) in [6.45, 7) is 6.38. The molecule has 1 spiro atoms. The van der Waals surface area contributed by atoms with Gasteiger partial charge in [-0.05, 0) is 55.8 Å². The molecule has 21 heavy (non-hydrogen) atoms. The number of fused-ring (bicyclic) bond motifs is 1. The Morgan fingerprint density at radius 3 is 3.05 bits per heavy atom. The first-order valence-corrected chi connectivity index (χ1v) is 9.48. The van der Waals surface area contributed by atoms with Crippen LogP contribution in [-0.2, 0) is 0 Å². The molecular weight excluding hydrogens is 276 g/mol. The van der Waals surface area contributed by atoms with Crippen LogP contribution in [0.15, 0.2) is 29.2 Å². The van der Waals surface area contributed by atoms with Crippen LogP contribution in [0.2, 0.25) is 0 Å². The summed E-state index contributed by atoms with van der Waals surface area (Å²) in [5.74, 6) is 2.03. The van der Waals surface area contributed by atoms with Crippen molar-refractivity contribution in [3.63, 3.8) is 0 Å². The number of thioether (sulfide) groups is 1. The van der Waals surface area contributed by atoms with Crippen LogP contribution >= 0.6 is 11.8 Å². The molecule has 2 nitrogen and oxygen atoms in total. The molecule has 1 N–H and O–H groups in total. The highest BCUT2D eigenvalue weighted by Crippen LogP contribution is 2.41. The number of nitrogens with one attached hydrogen (secondary N) is 1. The molecule has 2 unspecified atom stereocenters. The number of likely N-dealkylation sites (tertiary alicyclic amines) is 1. The fourth-order valence-corrected chi connectivity index (χ4v) is 5.78. The Morgan fingerprint density at radius 2 is 2.14 bits per heavy atom. The smallest absolute Gasteiger partial charge is 0.0108 e. The average Bonchev–Trinajstić information content (AvgIpc) is 2.92. The van der Waals surface area contributed by atoms with Crippen molar-refractivity contribution in [2.24, 2.45) is 5.41 Å². The lowest BCUT2D eigenvalue weighted by Crippen LogP contribution is -2.51. The molecule has 0 bridgehead atoms. The minimum atomic E-state index is 0.585. The fraction of sp³-hybridized carbons (Fsp3) is 0.667. The van der Waals surface area contributed by atoms with Crippen LogP contribution in [0.1, 0.15) is 37.2 Å².